The van der Waals surface area contributed by atoms with E-state index < -0.39 is 0 Å². The fourth-order valence-electron chi connectivity index (χ4n) is 2.10. The van der Waals surface area contributed by atoms with Crippen LogP contribution in [0.15, 0.2) is 12.5 Å². The molecule has 1 atom stereocenters. The lowest BCUT2D eigenvalue weighted by Crippen LogP contribution is -2.18. The number of nitrogens with one attached hydrogen (secondary N) is 1. The standard InChI is InChI=1S/C11H19N3/c1-9(2)7-14-8-12-6-11(14)10-4-3-5-13-10/h6,8-10,13H,3-5,7H2,1-2H3. The van der Waals surface area contributed by atoms with Crippen LogP contribution >= 0.6 is 0 Å². The average molecular weight is 193 g/mol. The summed E-state index contributed by atoms with van der Waals surface area (Å²) in [6.45, 7) is 6.71. The highest BCUT2D eigenvalue weighted by Gasteiger charge is 2.19. The molecule has 0 aliphatic carbocycles. The molecule has 1 aliphatic heterocycles. The smallest absolute Gasteiger partial charge is 0.0948 e. The molecular weight excluding hydrogens is 174 g/mol. The molecule has 78 valence electrons. The molecule has 3 heteroatoms. The van der Waals surface area contributed by atoms with Crippen molar-refractivity contribution >= 4 is 0 Å². The van der Waals surface area contributed by atoms with Gasteiger partial charge < -0.3 is 9.88 Å². The van der Waals surface area contributed by atoms with Crippen LogP contribution in [0.1, 0.15) is 38.4 Å². The minimum Gasteiger partial charge on any atom is -0.333 e. The molecular formula is C11H19N3. The van der Waals surface area contributed by atoms with Crippen LogP contribution in [-0.4, -0.2) is 16.1 Å². The Labute approximate surface area is 85.5 Å². The lowest BCUT2D eigenvalue weighted by Gasteiger charge is -2.15. The van der Waals surface area contributed by atoms with Gasteiger partial charge in [0.1, 0.15) is 0 Å². The summed E-state index contributed by atoms with van der Waals surface area (Å²) in [6.07, 6.45) is 6.50. The molecule has 1 aromatic heterocycles. The van der Waals surface area contributed by atoms with Crippen molar-refractivity contribution in [1.82, 2.24) is 14.9 Å². The Morgan fingerprint density at radius 3 is 3.14 bits per heavy atom. The molecule has 0 bridgehead atoms. The van der Waals surface area contributed by atoms with Crippen molar-refractivity contribution in [1.29, 1.82) is 0 Å². The zero-order valence-corrected chi connectivity index (χ0v) is 9.03. The van der Waals surface area contributed by atoms with Crippen LogP contribution in [-0.2, 0) is 6.54 Å². The maximum atomic E-state index is 4.24. The lowest BCUT2D eigenvalue weighted by atomic mass is 10.1. The second-order valence-corrected chi connectivity index (χ2v) is 4.51. The summed E-state index contributed by atoms with van der Waals surface area (Å²) in [5, 5.41) is 3.51. The van der Waals surface area contributed by atoms with E-state index in [4.69, 9.17) is 0 Å². The Bertz CT molecular complexity index is 284. The highest BCUT2D eigenvalue weighted by Crippen LogP contribution is 2.22. The Hall–Kier alpha value is -0.830. The summed E-state index contributed by atoms with van der Waals surface area (Å²) >= 11 is 0. The molecule has 0 radical (unpaired) electrons. The lowest BCUT2D eigenvalue weighted by molar-refractivity contribution is 0.484. The SMILES string of the molecule is CC(C)Cn1cncc1C1CCCN1. The number of hydrogen-bond acceptors (Lipinski definition) is 2. The third-order valence-corrected chi connectivity index (χ3v) is 2.72. The van der Waals surface area contributed by atoms with Crippen LogP contribution in [0.3, 0.4) is 0 Å². The molecule has 1 saturated heterocycles. The van der Waals surface area contributed by atoms with E-state index in [0.717, 1.165) is 13.1 Å². The monoisotopic (exact) mass is 193 g/mol. The minimum absolute atomic E-state index is 0.538. The molecule has 1 fully saturated rings. The van der Waals surface area contributed by atoms with E-state index in [1.54, 1.807) is 0 Å². The fraction of sp³-hybridized carbons (Fsp3) is 0.727. The van der Waals surface area contributed by atoms with Gasteiger partial charge in [0.25, 0.3) is 0 Å². The van der Waals surface area contributed by atoms with Crippen molar-refractivity contribution in [2.45, 2.75) is 39.3 Å². The van der Waals surface area contributed by atoms with E-state index in [0.29, 0.717) is 12.0 Å². The van der Waals surface area contributed by atoms with Gasteiger partial charge in [0.2, 0.25) is 0 Å². The molecule has 1 unspecified atom stereocenters. The van der Waals surface area contributed by atoms with E-state index in [2.05, 4.69) is 28.7 Å². The number of rotatable bonds is 3. The third kappa shape index (κ3) is 1.98. The van der Waals surface area contributed by atoms with Gasteiger partial charge >= 0.3 is 0 Å². The van der Waals surface area contributed by atoms with E-state index in [1.165, 1.54) is 18.5 Å². The Balaban J connectivity index is 2.12. The quantitative estimate of drug-likeness (QED) is 0.795. The van der Waals surface area contributed by atoms with Crippen LogP contribution < -0.4 is 5.32 Å². The zero-order chi connectivity index (χ0) is 9.97. The van der Waals surface area contributed by atoms with E-state index >= 15 is 0 Å². The van der Waals surface area contributed by atoms with Crippen LogP contribution in [0.25, 0.3) is 0 Å². The summed E-state index contributed by atoms with van der Waals surface area (Å²) in [5.41, 5.74) is 1.36. The molecule has 2 heterocycles. The van der Waals surface area contributed by atoms with Crippen LogP contribution in [0.5, 0.6) is 0 Å². The Kier molecular flexibility index (Phi) is 2.87. The topological polar surface area (TPSA) is 29.9 Å². The fourth-order valence-corrected chi connectivity index (χ4v) is 2.10. The van der Waals surface area contributed by atoms with Gasteiger partial charge in [-0.2, -0.15) is 0 Å². The maximum absolute atomic E-state index is 4.24. The van der Waals surface area contributed by atoms with Crippen LogP contribution in [0.4, 0.5) is 0 Å². The van der Waals surface area contributed by atoms with Crippen molar-refractivity contribution < 1.29 is 0 Å². The maximum Gasteiger partial charge on any atom is 0.0948 e. The largest absolute Gasteiger partial charge is 0.333 e. The summed E-state index contributed by atoms with van der Waals surface area (Å²) < 4.78 is 2.29. The molecule has 0 aromatic carbocycles. The van der Waals surface area contributed by atoms with E-state index in [-0.39, 0.29) is 0 Å². The number of aromatic nitrogens is 2. The molecule has 1 aliphatic rings. The Morgan fingerprint density at radius 1 is 1.64 bits per heavy atom. The number of hydrogen-bond donors (Lipinski definition) is 1. The summed E-state index contributed by atoms with van der Waals surface area (Å²) in [6, 6.07) is 0.538. The van der Waals surface area contributed by atoms with Crippen molar-refractivity contribution in [2.75, 3.05) is 6.54 Å². The highest BCUT2D eigenvalue weighted by molar-refractivity contribution is 5.07. The van der Waals surface area contributed by atoms with Gasteiger partial charge in [-0.1, -0.05) is 13.8 Å². The molecule has 2 rings (SSSR count). The first-order valence-electron chi connectivity index (χ1n) is 5.51. The second-order valence-electron chi connectivity index (χ2n) is 4.51. The normalized spacial score (nSPS) is 22.1. The van der Waals surface area contributed by atoms with Gasteiger partial charge in [0, 0.05) is 18.8 Å². The van der Waals surface area contributed by atoms with Crippen LogP contribution in [0, 0.1) is 5.92 Å². The molecule has 0 amide bonds. The van der Waals surface area contributed by atoms with Crippen molar-refractivity contribution in [3.63, 3.8) is 0 Å². The third-order valence-electron chi connectivity index (χ3n) is 2.72. The first kappa shape index (κ1) is 9.71. The van der Waals surface area contributed by atoms with Gasteiger partial charge in [-0.25, -0.2) is 4.98 Å². The predicted octanol–water partition coefficient (Wildman–Crippen LogP) is 1.96. The molecule has 1 N–H and O–H groups in total. The Morgan fingerprint density at radius 2 is 2.50 bits per heavy atom. The van der Waals surface area contributed by atoms with Crippen LogP contribution in [0.2, 0.25) is 0 Å². The zero-order valence-electron chi connectivity index (χ0n) is 9.03. The van der Waals surface area contributed by atoms with Gasteiger partial charge in [-0.15, -0.1) is 0 Å². The van der Waals surface area contributed by atoms with Gasteiger partial charge in [-0.3, -0.25) is 0 Å². The van der Waals surface area contributed by atoms with E-state index in [9.17, 15) is 0 Å². The predicted molar refractivity (Wildman–Crippen MR) is 57.0 cm³/mol. The summed E-state index contributed by atoms with van der Waals surface area (Å²) in [7, 11) is 0. The molecule has 0 saturated carbocycles. The second kappa shape index (κ2) is 4.13. The number of imidazole rings is 1. The van der Waals surface area contributed by atoms with Crippen molar-refractivity contribution in [3.05, 3.63) is 18.2 Å². The molecule has 3 nitrogen and oxygen atoms in total. The van der Waals surface area contributed by atoms with Crippen molar-refractivity contribution in [2.24, 2.45) is 5.92 Å². The summed E-state index contributed by atoms with van der Waals surface area (Å²) in [5.74, 6) is 0.685. The van der Waals surface area contributed by atoms with E-state index in [1.807, 2.05) is 12.5 Å². The molecule has 14 heavy (non-hydrogen) atoms. The molecule has 1 aromatic rings. The number of nitrogens with zero attached hydrogens (tertiary/aromatic N) is 2. The minimum atomic E-state index is 0.538. The van der Waals surface area contributed by atoms with Crippen molar-refractivity contribution in [3.8, 4) is 0 Å². The first-order chi connectivity index (χ1) is 6.77. The first-order valence-corrected chi connectivity index (χ1v) is 5.51. The van der Waals surface area contributed by atoms with Gasteiger partial charge in [-0.05, 0) is 25.3 Å². The van der Waals surface area contributed by atoms with Gasteiger partial charge in [0.05, 0.1) is 12.0 Å². The average Bonchev–Trinajstić information content (AvgIpc) is 2.70. The molecule has 0 spiro atoms. The highest BCUT2D eigenvalue weighted by atomic mass is 15.1. The summed E-state index contributed by atoms with van der Waals surface area (Å²) in [4.78, 5) is 4.24. The van der Waals surface area contributed by atoms with Gasteiger partial charge in [0.15, 0.2) is 0 Å².